The summed E-state index contributed by atoms with van der Waals surface area (Å²) in [4.78, 5) is 33.6. The summed E-state index contributed by atoms with van der Waals surface area (Å²) in [5.41, 5.74) is 2.36. The molecule has 0 spiro atoms. The Bertz CT molecular complexity index is 1480. The van der Waals surface area contributed by atoms with E-state index < -0.39 is 0 Å². The number of methoxy groups -OCH3 is 2. The Hall–Kier alpha value is -3.30. The third-order valence-electron chi connectivity index (χ3n) is 6.33. The average Bonchev–Trinajstić information content (AvgIpc) is 3.25. The highest BCUT2D eigenvalue weighted by Crippen LogP contribution is 2.37. The van der Waals surface area contributed by atoms with Crippen LogP contribution >= 0.6 is 23.1 Å². The van der Waals surface area contributed by atoms with Crippen molar-refractivity contribution in [3.63, 3.8) is 0 Å². The van der Waals surface area contributed by atoms with Crippen LogP contribution in [-0.4, -0.2) is 35.4 Å². The van der Waals surface area contributed by atoms with Crippen molar-refractivity contribution in [1.29, 1.82) is 0 Å². The maximum Gasteiger partial charge on any atom is 0.267 e. The molecule has 4 aromatic rings. The van der Waals surface area contributed by atoms with Crippen molar-refractivity contribution >= 4 is 44.9 Å². The first kappa shape index (κ1) is 24.4. The molecule has 5 rings (SSSR count). The summed E-state index contributed by atoms with van der Waals surface area (Å²) >= 11 is 2.86. The maximum absolute atomic E-state index is 13.8. The minimum absolute atomic E-state index is 0.0713. The third kappa shape index (κ3) is 4.73. The van der Waals surface area contributed by atoms with Gasteiger partial charge in [-0.05, 0) is 55.0 Å². The quantitative estimate of drug-likeness (QED) is 0.262. The predicted octanol–water partition coefficient (Wildman–Crippen LogP) is 5.32. The molecule has 1 atom stereocenters. The number of fused-ring (bicyclic) bond motifs is 3. The van der Waals surface area contributed by atoms with Crippen molar-refractivity contribution in [1.82, 2.24) is 9.55 Å². The second-order valence-corrected chi connectivity index (χ2v) is 10.8. The maximum atomic E-state index is 13.8. The van der Waals surface area contributed by atoms with Crippen LogP contribution < -0.4 is 20.3 Å². The van der Waals surface area contributed by atoms with Crippen molar-refractivity contribution in [2.75, 3.05) is 25.3 Å². The zero-order chi connectivity index (χ0) is 25.2. The number of para-hydroxylation sites is 1. The Labute approximate surface area is 217 Å². The monoisotopic (exact) mass is 521 g/mol. The molecule has 0 fully saturated rings. The van der Waals surface area contributed by atoms with Gasteiger partial charge < -0.3 is 14.8 Å². The van der Waals surface area contributed by atoms with Crippen LogP contribution in [0, 0.1) is 5.92 Å². The van der Waals surface area contributed by atoms with E-state index in [2.05, 4.69) is 12.2 Å². The SMILES string of the molecule is COc1ccc(NC(=O)CSc2nc3sc4c(c3c(=O)n2-c2ccccc2)CCC(C)C4)c(OC)c1. The zero-order valence-electron chi connectivity index (χ0n) is 20.4. The van der Waals surface area contributed by atoms with E-state index in [1.807, 2.05) is 30.3 Å². The lowest BCUT2D eigenvalue weighted by Gasteiger charge is -2.18. The summed E-state index contributed by atoms with van der Waals surface area (Å²) in [6.07, 6.45) is 2.96. The number of ether oxygens (including phenoxy) is 2. The van der Waals surface area contributed by atoms with Crippen molar-refractivity contribution in [3.05, 3.63) is 69.3 Å². The number of hydrogen-bond acceptors (Lipinski definition) is 7. The lowest BCUT2D eigenvalue weighted by molar-refractivity contribution is -0.113. The molecule has 2 heterocycles. The number of aromatic nitrogens is 2. The van der Waals surface area contributed by atoms with Crippen LogP contribution in [0.3, 0.4) is 0 Å². The number of carbonyl (C=O) groups excluding carboxylic acids is 1. The Morgan fingerprint density at radius 3 is 2.75 bits per heavy atom. The van der Waals surface area contributed by atoms with Crippen LogP contribution in [0.15, 0.2) is 58.5 Å². The average molecular weight is 522 g/mol. The molecular formula is C27H27N3O4S2. The number of nitrogens with zero attached hydrogens (tertiary/aromatic N) is 2. The molecule has 0 saturated carbocycles. The number of nitrogens with one attached hydrogen (secondary N) is 1. The van der Waals surface area contributed by atoms with Gasteiger partial charge in [0, 0.05) is 10.9 Å². The van der Waals surface area contributed by atoms with Gasteiger partial charge in [0.1, 0.15) is 16.3 Å². The summed E-state index contributed by atoms with van der Waals surface area (Å²) in [5.74, 6) is 1.61. The molecular weight excluding hydrogens is 494 g/mol. The third-order valence-corrected chi connectivity index (χ3v) is 8.41. The van der Waals surface area contributed by atoms with E-state index in [-0.39, 0.29) is 17.2 Å². The topological polar surface area (TPSA) is 82.5 Å². The molecule has 2 aromatic carbocycles. The number of thiophene rings is 1. The molecule has 9 heteroatoms. The van der Waals surface area contributed by atoms with Crippen LogP contribution in [-0.2, 0) is 17.6 Å². The Balaban J connectivity index is 1.48. The zero-order valence-corrected chi connectivity index (χ0v) is 22.0. The number of aryl methyl sites for hydroxylation is 1. The molecule has 186 valence electrons. The summed E-state index contributed by atoms with van der Waals surface area (Å²) < 4.78 is 12.2. The van der Waals surface area contributed by atoms with Gasteiger partial charge in [-0.2, -0.15) is 0 Å². The molecule has 1 unspecified atom stereocenters. The summed E-state index contributed by atoms with van der Waals surface area (Å²) in [6.45, 7) is 2.25. The van der Waals surface area contributed by atoms with Crippen LogP contribution in [0.1, 0.15) is 23.8 Å². The number of benzene rings is 2. The number of thioether (sulfide) groups is 1. The van der Waals surface area contributed by atoms with E-state index in [0.29, 0.717) is 28.3 Å². The minimum Gasteiger partial charge on any atom is -0.497 e. The van der Waals surface area contributed by atoms with Gasteiger partial charge in [-0.15, -0.1) is 11.3 Å². The van der Waals surface area contributed by atoms with Gasteiger partial charge in [-0.3, -0.25) is 14.2 Å². The summed E-state index contributed by atoms with van der Waals surface area (Å²) in [7, 11) is 3.11. The highest BCUT2D eigenvalue weighted by Gasteiger charge is 2.25. The summed E-state index contributed by atoms with van der Waals surface area (Å²) in [6, 6.07) is 14.7. The standard InChI is InChI=1S/C27H27N3O4S2/c1-16-9-11-19-22(13-16)36-25-24(19)26(32)30(17-7-5-4-6-8-17)27(29-25)35-15-23(31)28-20-12-10-18(33-2)14-21(20)34-3/h4-8,10,12,14,16H,9,11,13,15H2,1-3H3,(H,28,31). The van der Waals surface area contributed by atoms with E-state index in [1.165, 1.54) is 23.7 Å². The summed E-state index contributed by atoms with van der Waals surface area (Å²) in [5, 5.41) is 4.11. The van der Waals surface area contributed by atoms with Gasteiger partial charge in [0.2, 0.25) is 5.91 Å². The molecule has 0 saturated heterocycles. The van der Waals surface area contributed by atoms with Crippen molar-refractivity contribution in [2.24, 2.45) is 5.92 Å². The minimum atomic E-state index is -0.225. The van der Waals surface area contributed by atoms with Crippen molar-refractivity contribution in [2.45, 2.75) is 31.3 Å². The van der Waals surface area contributed by atoms with Crippen LogP contribution in [0.4, 0.5) is 5.69 Å². The highest BCUT2D eigenvalue weighted by molar-refractivity contribution is 7.99. The lowest BCUT2D eigenvalue weighted by atomic mass is 9.89. The normalized spacial score (nSPS) is 14.9. The molecule has 0 bridgehead atoms. The van der Waals surface area contributed by atoms with Gasteiger partial charge in [0.05, 0.1) is 36.7 Å². The number of rotatable bonds is 7. The number of hydrogen-bond donors (Lipinski definition) is 1. The fourth-order valence-corrected chi connectivity index (χ4v) is 6.73. The largest absolute Gasteiger partial charge is 0.497 e. The van der Waals surface area contributed by atoms with Gasteiger partial charge >= 0.3 is 0 Å². The van der Waals surface area contributed by atoms with E-state index in [0.717, 1.165) is 40.7 Å². The Morgan fingerprint density at radius 2 is 2.00 bits per heavy atom. The van der Waals surface area contributed by atoms with Gasteiger partial charge in [-0.1, -0.05) is 36.9 Å². The van der Waals surface area contributed by atoms with Crippen molar-refractivity contribution < 1.29 is 14.3 Å². The fraction of sp³-hybridized carbons (Fsp3) is 0.296. The number of anilines is 1. The molecule has 1 aliphatic carbocycles. The fourth-order valence-electron chi connectivity index (χ4n) is 4.49. The predicted molar refractivity (Wildman–Crippen MR) is 145 cm³/mol. The lowest BCUT2D eigenvalue weighted by Crippen LogP contribution is -2.23. The molecule has 1 aliphatic rings. The number of amides is 1. The molecule has 7 nitrogen and oxygen atoms in total. The molecule has 2 aromatic heterocycles. The second-order valence-electron chi connectivity index (χ2n) is 8.81. The first-order chi connectivity index (χ1) is 17.5. The highest BCUT2D eigenvalue weighted by atomic mass is 32.2. The van der Waals surface area contributed by atoms with Gasteiger partial charge in [0.25, 0.3) is 5.56 Å². The van der Waals surface area contributed by atoms with Crippen LogP contribution in [0.25, 0.3) is 15.9 Å². The molecule has 36 heavy (non-hydrogen) atoms. The van der Waals surface area contributed by atoms with E-state index >= 15 is 0 Å². The second kappa shape index (κ2) is 10.4. The smallest absolute Gasteiger partial charge is 0.267 e. The first-order valence-electron chi connectivity index (χ1n) is 11.8. The Morgan fingerprint density at radius 1 is 1.19 bits per heavy atom. The van der Waals surface area contributed by atoms with E-state index in [1.54, 1.807) is 41.2 Å². The van der Waals surface area contributed by atoms with Crippen LogP contribution in [0.5, 0.6) is 11.5 Å². The molecule has 0 aliphatic heterocycles. The van der Waals surface area contributed by atoms with Gasteiger partial charge in [-0.25, -0.2) is 4.98 Å². The van der Waals surface area contributed by atoms with Crippen LogP contribution in [0.2, 0.25) is 0 Å². The van der Waals surface area contributed by atoms with E-state index in [4.69, 9.17) is 14.5 Å². The number of carbonyl (C=O) groups is 1. The molecule has 0 radical (unpaired) electrons. The molecule has 1 amide bonds. The Kier molecular flexibility index (Phi) is 7.02. The molecule has 1 N–H and O–H groups in total. The van der Waals surface area contributed by atoms with Crippen molar-refractivity contribution in [3.8, 4) is 17.2 Å². The first-order valence-corrected chi connectivity index (χ1v) is 13.6. The van der Waals surface area contributed by atoms with E-state index in [9.17, 15) is 9.59 Å². The van der Waals surface area contributed by atoms with Gasteiger partial charge in [0.15, 0.2) is 5.16 Å².